The average Bonchev–Trinajstić information content (AvgIpc) is 3.28. The number of hydrogen-bond acceptors (Lipinski definition) is 6. The summed E-state index contributed by atoms with van der Waals surface area (Å²) >= 11 is 0. The van der Waals surface area contributed by atoms with Gasteiger partial charge in [-0.3, -0.25) is 9.59 Å². The first-order valence-electron chi connectivity index (χ1n) is 11.5. The van der Waals surface area contributed by atoms with Crippen LogP contribution in [0, 0.1) is 0 Å². The number of ether oxygens (including phenoxy) is 3. The van der Waals surface area contributed by atoms with E-state index in [2.05, 4.69) is 6.92 Å². The van der Waals surface area contributed by atoms with Crippen molar-refractivity contribution in [3.63, 3.8) is 0 Å². The number of furan rings is 1. The van der Waals surface area contributed by atoms with Gasteiger partial charge in [-0.2, -0.15) is 0 Å². The largest absolute Gasteiger partial charge is 0.469 e. The Morgan fingerprint density at radius 1 is 1.09 bits per heavy atom. The van der Waals surface area contributed by atoms with Gasteiger partial charge in [-0.25, -0.2) is 0 Å². The van der Waals surface area contributed by atoms with Crippen molar-refractivity contribution >= 4 is 28.8 Å². The molecule has 32 heavy (non-hydrogen) atoms. The zero-order valence-electron chi connectivity index (χ0n) is 19.5. The van der Waals surface area contributed by atoms with E-state index in [0.29, 0.717) is 37.0 Å². The molecule has 0 radical (unpaired) electrons. The van der Waals surface area contributed by atoms with Gasteiger partial charge in [0.25, 0.3) is 0 Å². The topological polar surface area (TPSA) is 75.0 Å². The molecule has 0 N–H and O–H groups in total. The lowest BCUT2D eigenvalue weighted by Crippen LogP contribution is -2.21. The highest BCUT2D eigenvalue weighted by Gasteiger charge is 2.39. The molecule has 1 saturated heterocycles. The zero-order chi connectivity index (χ0) is 23.1. The average molecular weight is 443 g/mol. The van der Waals surface area contributed by atoms with Crippen LogP contribution in [0.25, 0.3) is 17.0 Å². The SMILES string of the molecule is CCCCCC(=O)c1oc2ccccc2c1/C=C/[C@H]1OC(C)(C)O[C@H]1CCCC(=O)OC. The van der Waals surface area contributed by atoms with Crippen molar-refractivity contribution in [3.05, 3.63) is 41.7 Å². The highest BCUT2D eigenvalue weighted by Crippen LogP contribution is 2.34. The van der Waals surface area contributed by atoms with Gasteiger partial charge in [0.1, 0.15) is 11.7 Å². The second-order valence-electron chi connectivity index (χ2n) is 8.69. The van der Waals surface area contributed by atoms with E-state index in [0.717, 1.165) is 30.2 Å². The first-order valence-corrected chi connectivity index (χ1v) is 11.5. The number of esters is 1. The molecule has 6 nitrogen and oxygen atoms in total. The summed E-state index contributed by atoms with van der Waals surface area (Å²) in [4.78, 5) is 24.3. The second-order valence-corrected chi connectivity index (χ2v) is 8.69. The molecule has 0 spiro atoms. The molecule has 2 heterocycles. The minimum absolute atomic E-state index is 0.0212. The number of carbonyl (C=O) groups is 2. The molecule has 0 unspecified atom stereocenters. The molecule has 1 aromatic carbocycles. The molecule has 3 rings (SSSR count). The number of ketones is 1. The zero-order valence-corrected chi connectivity index (χ0v) is 19.5. The van der Waals surface area contributed by atoms with Crippen LogP contribution in [0.2, 0.25) is 0 Å². The van der Waals surface area contributed by atoms with Crippen LogP contribution in [0.15, 0.2) is 34.8 Å². The van der Waals surface area contributed by atoms with Gasteiger partial charge in [-0.1, -0.05) is 50.1 Å². The van der Waals surface area contributed by atoms with Crippen LogP contribution < -0.4 is 0 Å². The van der Waals surface area contributed by atoms with Gasteiger partial charge < -0.3 is 18.6 Å². The summed E-state index contributed by atoms with van der Waals surface area (Å²) in [6, 6.07) is 7.68. The van der Waals surface area contributed by atoms with Crippen LogP contribution in [-0.2, 0) is 19.0 Å². The van der Waals surface area contributed by atoms with Crippen molar-refractivity contribution in [2.45, 2.75) is 83.7 Å². The predicted molar refractivity (Wildman–Crippen MR) is 123 cm³/mol. The van der Waals surface area contributed by atoms with Crippen LogP contribution in [0.5, 0.6) is 0 Å². The third kappa shape index (κ3) is 6.08. The third-order valence-electron chi connectivity index (χ3n) is 5.67. The van der Waals surface area contributed by atoms with E-state index in [4.69, 9.17) is 18.6 Å². The van der Waals surface area contributed by atoms with Gasteiger partial charge in [0.05, 0.1) is 13.2 Å². The normalized spacial score (nSPS) is 20.2. The van der Waals surface area contributed by atoms with Crippen molar-refractivity contribution in [2.24, 2.45) is 0 Å². The molecule has 2 atom stereocenters. The molecule has 1 aromatic heterocycles. The van der Waals surface area contributed by atoms with Crippen LogP contribution in [0.3, 0.4) is 0 Å². The molecule has 1 aliphatic heterocycles. The predicted octanol–water partition coefficient (Wildman–Crippen LogP) is 6.07. The number of hydrogen-bond donors (Lipinski definition) is 0. The lowest BCUT2D eigenvalue weighted by Gasteiger charge is -2.16. The number of Topliss-reactive ketones (excluding diaryl/α,β-unsaturated/α-hetero) is 1. The number of benzene rings is 1. The van der Waals surface area contributed by atoms with Crippen molar-refractivity contribution in [1.29, 1.82) is 0 Å². The number of carbonyl (C=O) groups excluding carboxylic acids is 2. The van der Waals surface area contributed by atoms with Crippen molar-refractivity contribution in [1.82, 2.24) is 0 Å². The Bertz CT molecular complexity index is 954. The quantitative estimate of drug-likeness (QED) is 0.239. The fourth-order valence-electron chi connectivity index (χ4n) is 4.08. The molecule has 0 amide bonds. The first-order chi connectivity index (χ1) is 15.3. The maximum Gasteiger partial charge on any atom is 0.305 e. The molecule has 2 aromatic rings. The second kappa shape index (κ2) is 10.9. The summed E-state index contributed by atoms with van der Waals surface area (Å²) in [5.41, 5.74) is 1.48. The highest BCUT2D eigenvalue weighted by atomic mass is 16.7. The Labute approximate surface area is 189 Å². The fourth-order valence-corrected chi connectivity index (χ4v) is 4.08. The minimum Gasteiger partial charge on any atom is -0.469 e. The van der Waals surface area contributed by atoms with Crippen LogP contribution in [0.4, 0.5) is 0 Å². The van der Waals surface area contributed by atoms with Gasteiger partial charge in [0.15, 0.2) is 17.3 Å². The van der Waals surface area contributed by atoms with Gasteiger partial charge in [-0.05, 0) is 39.2 Å². The summed E-state index contributed by atoms with van der Waals surface area (Å²) in [5.74, 6) is -0.527. The minimum atomic E-state index is -0.720. The number of fused-ring (bicyclic) bond motifs is 1. The highest BCUT2D eigenvalue weighted by molar-refractivity contribution is 6.03. The van der Waals surface area contributed by atoms with Gasteiger partial charge in [0.2, 0.25) is 0 Å². The van der Waals surface area contributed by atoms with Crippen LogP contribution in [0.1, 0.15) is 81.8 Å². The van der Waals surface area contributed by atoms with Crippen LogP contribution >= 0.6 is 0 Å². The molecule has 1 aliphatic rings. The number of methoxy groups -OCH3 is 1. The van der Waals surface area contributed by atoms with Gasteiger partial charge in [-0.15, -0.1) is 0 Å². The molecule has 0 saturated carbocycles. The first kappa shape index (κ1) is 24.2. The summed E-state index contributed by atoms with van der Waals surface area (Å²) in [5, 5.41) is 0.906. The molecule has 0 aliphatic carbocycles. The Kier molecular flexibility index (Phi) is 8.26. The standard InChI is InChI=1S/C26H34O6/c1-5-6-7-12-20(27)25-19(18-11-8-9-13-21(18)30-25)16-17-23-22(31-26(2,3)32-23)14-10-15-24(28)29-4/h8-9,11,13,16-17,22-23H,5-7,10,12,14-15H2,1-4H3/b17-16+/t22-,23+/m0/s1. The van der Waals surface area contributed by atoms with E-state index >= 15 is 0 Å². The van der Waals surface area contributed by atoms with E-state index in [1.165, 1.54) is 7.11 Å². The van der Waals surface area contributed by atoms with E-state index < -0.39 is 5.79 Å². The molecular weight excluding hydrogens is 408 g/mol. The number of para-hydroxylation sites is 1. The molecular formula is C26H34O6. The molecule has 1 fully saturated rings. The summed E-state index contributed by atoms with van der Waals surface area (Å²) in [7, 11) is 1.39. The molecule has 174 valence electrons. The van der Waals surface area contributed by atoms with Gasteiger partial charge >= 0.3 is 5.97 Å². The van der Waals surface area contributed by atoms with Gasteiger partial charge in [0, 0.05) is 23.8 Å². The Morgan fingerprint density at radius 3 is 2.62 bits per heavy atom. The van der Waals surface area contributed by atoms with Crippen molar-refractivity contribution < 1.29 is 28.2 Å². The van der Waals surface area contributed by atoms with E-state index in [1.807, 2.05) is 50.3 Å². The molecule has 6 heteroatoms. The molecule has 0 bridgehead atoms. The Hall–Kier alpha value is -2.44. The monoisotopic (exact) mass is 442 g/mol. The maximum atomic E-state index is 12.9. The van der Waals surface area contributed by atoms with Crippen molar-refractivity contribution in [2.75, 3.05) is 7.11 Å². The summed E-state index contributed by atoms with van der Waals surface area (Å²) in [6.45, 7) is 5.88. The Morgan fingerprint density at radius 2 is 1.88 bits per heavy atom. The summed E-state index contributed by atoms with van der Waals surface area (Å²) < 4.78 is 22.8. The fraction of sp³-hybridized carbons (Fsp3) is 0.538. The van der Waals surface area contributed by atoms with E-state index in [9.17, 15) is 9.59 Å². The lowest BCUT2D eigenvalue weighted by molar-refractivity contribution is -0.144. The number of rotatable bonds is 11. The Balaban J connectivity index is 1.81. The van der Waals surface area contributed by atoms with E-state index in [1.54, 1.807) is 0 Å². The maximum absolute atomic E-state index is 12.9. The smallest absolute Gasteiger partial charge is 0.305 e. The van der Waals surface area contributed by atoms with E-state index in [-0.39, 0.29) is 24.0 Å². The third-order valence-corrected chi connectivity index (χ3v) is 5.67. The summed E-state index contributed by atoms with van der Waals surface area (Å²) in [6.07, 6.45) is 8.45. The van der Waals surface area contributed by atoms with Crippen LogP contribution in [-0.4, -0.2) is 36.9 Å². The van der Waals surface area contributed by atoms with Crippen molar-refractivity contribution in [3.8, 4) is 0 Å². The number of unbranched alkanes of at least 4 members (excludes halogenated alkanes) is 2. The lowest BCUT2D eigenvalue weighted by atomic mass is 10.0.